The maximum absolute atomic E-state index is 13.6. The van der Waals surface area contributed by atoms with Crippen LogP contribution in [0.4, 0.5) is 16.5 Å². The van der Waals surface area contributed by atoms with Crippen molar-refractivity contribution in [1.29, 1.82) is 5.26 Å². The molecule has 176 valence electrons. The van der Waals surface area contributed by atoms with Crippen molar-refractivity contribution in [3.63, 3.8) is 0 Å². The highest BCUT2D eigenvalue weighted by atomic mass is 79.9. The van der Waals surface area contributed by atoms with Crippen molar-refractivity contribution in [1.82, 2.24) is 10.3 Å². The number of amides is 1. The topological polar surface area (TPSA) is 104 Å². The Bertz CT molecular complexity index is 1590. The van der Waals surface area contributed by atoms with Crippen LogP contribution < -0.4 is 16.4 Å². The van der Waals surface area contributed by atoms with Crippen LogP contribution in [0.15, 0.2) is 89.4 Å². The molecule has 1 amide bonds. The zero-order valence-electron chi connectivity index (χ0n) is 19.0. The molecule has 0 bridgehead atoms. The summed E-state index contributed by atoms with van der Waals surface area (Å²) in [6, 6.07) is 29.2. The number of rotatable bonds is 6. The Morgan fingerprint density at radius 2 is 1.67 bits per heavy atom. The lowest BCUT2D eigenvalue weighted by molar-refractivity contribution is 0.0953. The number of nitrogens with one attached hydrogen (secondary N) is 2. The van der Waals surface area contributed by atoms with E-state index in [1.807, 2.05) is 84.9 Å². The third-order valence-electron chi connectivity index (χ3n) is 5.65. The summed E-state index contributed by atoms with van der Waals surface area (Å²) in [5.41, 5.74) is 10.7. The van der Waals surface area contributed by atoms with Gasteiger partial charge < -0.3 is 16.4 Å². The highest BCUT2D eigenvalue weighted by Gasteiger charge is 2.26. The zero-order valence-corrected chi connectivity index (χ0v) is 21.4. The molecule has 3 aromatic carbocycles. The molecular formula is C28H20BrN5OS. The Balaban J connectivity index is 1.68. The van der Waals surface area contributed by atoms with Crippen molar-refractivity contribution < 1.29 is 4.79 Å². The van der Waals surface area contributed by atoms with Crippen molar-refractivity contribution in [3.8, 4) is 17.2 Å². The van der Waals surface area contributed by atoms with E-state index in [-0.39, 0.29) is 11.7 Å². The predicted octanol–water partition coefficient (Wildman–Crippen LogP) is 6.85. The molecule has 0 atom stereocenters. The lowest BCUT2D eigenvalue weighted by atomic mass is 10.00. The number of nitrogens with zero attached hydrogens (tertiary/aromatic N) is 2. The van der Waals surface area contributed by atoms with E-state index in [0.717, 1.165) is 26.0 Å². The second-order valence-electron chi connectivity index (χ2n) is 8.01. The molecule has 0 aliphatic heterocycles. The highest BCUT2D eigenvalue weighted by Crippen LogP contribution is 2.44. The number of nitriles is 1. The average molecular weight is 554 g/mol. The SMILES string of the molecule is N#Cc1c(N)nc2c(C(=O)NCc3ccccc3)c(Nc3ccc(Br)cc3)sc2c1-c1ccccc1. The summed E-state index contributed by atoms with van der Waals surface area (Å²) in [6.45, 7) is 0.367. The summed E-state index contributed by atoms with van der Waals surface area (Å²) in [5.74, 6) is -0.186. The average Bonchev–Trinajstić information content (AvgIpc) is 3.26. The molecule has 36 heavy (non-hydrogen) atoms. The minimum Gasteiger partial charge on any atom is -0.383 e. The van der Waals surface area contributed by atoms with E-state index in [4.69, 9.17) is 5.73 Å². The zero-order chi connectivity index (χ0) is 25.1. The number of benzene rings is 3. The smallest absolute Gasteiger partial charge is 0.256 e. The van der Waals surface area contributed by atoms with E-state index in [2.05, 4.69) is 37.6 Å². The number of halogens is 1. The first kappa shape index (κ1) is 23.5. The monoisotopic (exact) mass is 553 g/mol. The van der Waals surface area contributed by atoms with E-state index in [1.54, 1.807) is 0 Å². The van der Waals surface area contributed by atoms with Gasteiger partial charge in [0, 0.05) is 22.3 Å². The van der Waals surface area contributed by atoms with Gasteiger partial charge in [-0.1, -0.05) is 76.6 Å². The second kappa shape index (κ2) is 10.2. The third-order valence-corrected chi connectivity index (χ3v) is 7.29. The van der Waals surface area contributed by atoms with Gasteiger partial charge in [0.15, 0.2) is 0 Å². The van der Waals surface area contributed by atoms with Crippen LogP contribution in [0.1, 0.15) is 21.5 Å². The molecule has 4 N–H and O–H groups in total. The van der Waals surface area contributed by atoms with Gasteiger partial charge in [0.25, 0.3) is 5.91 Å². The van der Waals surface area contributed by atoms with Gasteiger partial charge in [-0.3, -0.25) is 4.79 Å². The molecule has 0 saturated carbocycles. The minimum absolute atomic E-state index is 0.0916. The van der Waals surface area contributed by atoms with Crippen LogP contribution >= 0.6 is 27.3 Å². The molecule has 0 radical (unpaired) electrons. The molecule has 2 heterocycles. The first-order chi connectivity index (χ1) is 17.5. The number of fused-ring (bicyclic) bond motifs is 1. The van der Waals surface area contributed by atoms with Gasteiger partial charge in [-0.2, -0.15) is 5.26 Å². The van der Waals surface area contributed by atoms with Crippen molar-refractivity contribution >= 4 is 59.9 Å². The van der Waals surface area contributed by atoms with Gasteiger partial charge in [0.2, 0.25) is 0 Å². The molecule has 5 aromatic rings. The van der Waals surface area contributed by atoms with Crippen molar-refractivity contribution in [2.24, 2.45) is 0 Å². The Morgan fingerprint density at radius 3 is 2.33 bits per heavy atom. The highest BCUT2D eigenvalue weighted by molar-refractivity contribution is 9.10. The molecule has 0 aliphatic rings. The standard InChI is InChI=1S/C28H20BrN5OS/c29-19-11-13-20(14-12-19)33-28-23(27(35)32-16-17-7-3-1-4-8-17)24-25(36-28)22(18-9-5-2-6-10-18)21(15-30)26(31)34-24/h1-14,33H,16H2,(H2,31,34)(H,32,35). The summed E-state index contributed by atoms with van der Waals surface area (Å²) in [7, 11) is 0. The molecule has 2 aromatic heterocycles. The molecule has 0 aliphatic carbocycles. The Hall–Kier alpha value is -4.19. The summed E-state index contributed by atoms with van der Waals surface area (Å²) < 4.78 is 1.67. The van der Waals surface area contributed by atoms with Crippen LogP contribution in [0.3, 0.4) is 0 Å². The fourth-order valence-electron chi connectivity index (χ4n) is 3.94. The van der Waals surface area contributed by atoms with Crippen LogP contribution in [-0.2, 0) is 6.54 Å². The first-order valence-electron chi connectivity index (χ1n) is 11.1. The van der Waals surface area contributed by atoms with Crippen molar-refractivity contribution in [2.45, 2.75) is 6.54 Å². The number of anilines is 3. The number of hydrogen-bond donors (Lipinski definition) is 3. The maximum Gasteiger partial charge on any atom is 0.256 e. The number of carbonyl (C=O) groups excluding carboxylic acids is 1. The van der Waals surface area contributed by atoms with Crippen LogP contribution in [-0.4, -0.2) is 10.9 Å². The Kier molecular flexibility index (Phi) is 6.67. The lowest BCUT2D eigenvalue weighted by Crippen LogP contribution is -2.23. The fourth-order valence-corrected chi connectivity index (χ4v) is 5.43. The van der Waals surface area contributed by atoms with Gasteiger partial charge in [-0.15, -0.1) is 11.3 Å². The molecule has 0 saturated heterocycles. The number of hydrogen-bond acceptors (Lipinski definition) is 6. The first-order valence-corrected chi connectivity index (χ1v) is 12.7. The number of carbonyl (C=O) groups is 1. The number of thiophene rings is 1. The number of pyridine rings is 1. The molecule has 0 unspecified atom stereocenters. The minimum atomic E-state index is -0.277. The summed E-state index contributed by atoms with van der Waals surface area (Å²) in [4.78, 5) is 18.1. The van der Waals surface area contributed by atoms with Crippen LogP contribution in [0.2, 0.25) is 0 Å². The number of aromatic nitrogens is 1. The van der Waals surface area contributed by atoms with Crippen molar-refractivity contribution in [2.75, 3.05) is 11.1 Å². The van der Waals surface area contributed by atoms with E-state index in [1.165, 1.54) is 11.3 Å². The van der Waals surface area contributed by atoms with Crippen LogP contribution in [0, 0.1) is 11.3 Å². The Morgan fingerprint density at radius 1 is 1.00 bits per heavy atom. The summed E-state index contributed by atoms with van der Waals surface area (Å²) >= 11 is 4.83. The quantitative estimate of drug-likeness (QED) is 0.213. The van der Waals surface area contributed by atoms with Gasteiger partial charge in [0.05, 0.1) is 10.2 Å². The van der Waals surface area contributed by atoms with Gasteiger partial charge in [0.1, 0.15) is 28.0 Å². The van der Waals surface area contributed by atoms with E-state index in [9.17, 15) is 10.1 Å². The molecule has 8 heteroatoms. The van der Waals surface area contributed by atoms with E-state index < -0.39 is 0 Å². The third kappa shape index (κ3) is 4.67. The van der Waals surface area contributed by atoms with Crippen LogP contribution in [0.5, 0.6) is 0 Å². The normalized spacial score (nSPS) is 10.7. The van der Waals surface area contributed by atoms with Gasteiger partial charge in [-0.05, 0) is 35.4 Å². The summed E-state index contributed by atoms with van der Waals surface area (Å²) in [5, 5.41) is 16.9. The predicted molar refractivity (Wildman–Crippen MR) is 149 cm³/mol. The van der Waals surface area contributed by atoms with Gasteiger partial charge in [-0.25, -0.2) is 4.98 Å². The molecule has 5 rings (SSSR count). The largest absolute Gasteiger partial charge is 0.383 e. The van der Waals surface area contributed by atoms with Gasteiger partial charge >= 0.3 is 0 Å². The van der Waals surface area contributed by atoms with E-state index in [0.29, 0.717) is 33.8 Å². The number of nitrogens with two attached hydrogens (primary N) is 1. The molecule has 0 spiro atoms. The lowest BCUT2D eigenvalue weighted by Gasteiger charge is -2.10. The number of nitrogen functional groups attached to an aromatic ring is 1. The summed E-state index contributed by atoms with van der Waals surface area (Å²) in [6.07, 6.45) is 0. The molecule has 0 fully saturated rings. The Labute approximate surface area is 220 Å². The van der Waals surface area contributed by atoms with E-state index >= 15 is 0 Å². The second-order valence-corrected chi connectivity index (χ2v) is 9.95. The molecular weight excluding hydrogens is 534 g/mol. The fraction of sp³-hybridized carbons (Fsp3) is 0.0357. The van der Waals surface area contributed by atoms with Crippen molar-refractivity contribution in [3.05, 3.63) is 106 Å². The van der Waals surface area contributed by atoms with Crippen LogP contribution in [0.25, 0.3) is 21.3 Å². The molecule has 6 nitrogen and oxygen atoms in total. The maximum atomic E-state index is 13.6.